The SMILES string of the molecule is COc1cnc(-c2ccccn2)[nH]c1=O.COc1cnc(-c2ccccn2)nc1Cl. The molecule has 4 heterocycles. The van der Waals surface area contributed by atoms with E-state index in [1.165, 1.54) is 26.6 Å². The second kappa shape index (κ2) is 10.1. The van der Waals surface area contributed by atoms with E-state index in [2.05, 4.69) is 29.9 Å². The zero-order chi connectivity index (χ0) is 21.3. The van der Waals surface area contributed by atoms with Crippen molar-refractivity contribution in [3.05, 3.63) is 76.7 Å². The largest absolute Gasteiger partial charge is 0.492 e. The first-order chi connectivity index (χ1) is 14.6. The van der Waals surface area contributed by atoms with Crippen molar-refractivity contribution >= 4 is 11.6 Å². The van der Waals surface area contributed by atoms with Gasteiger partial charge < -0.3 is 14.5 Å². The maximum absolute atomic E-state index is 11.4. The average Bonchev–Trinajstić information content (AvgIpc) is 2.80. The second-order valence-corrected chi connectivity index (χ2v) is 5.97. The summed E-state index contributed by atoms with van der Waals surface area (Å²) in [7, 11) is 2.94. The Morgan fingerprint density at radius 2 is 1.47 bits per heavy atom. The number of hydrogen-bond acceptors (Lipinski definition) is 8. The van der Waals surface area contributed by atoms with Crippen LogP contribution in [0.4, 0.5) is 0 Å². The minimum absolute atomic E-state index is 0.190. The molecule has 4 aromatic heterocycles. The lowest BCUT2D eigenvalue weighted by Gasteiger charge is -2.03. The molecule has 0 amide bonds. The molecule has 0 bridgehead atoms. The van der Waals surface area contributed by atoms with Crippen molar-refractivity contribution in [2.45, 2.75) is 0 Å². The van der Waals surface area contributed by atoms with Crippen molar-refractivity contribution in [1.29, 1.82) is 0 Å². The number of methoxy groups -OCH3 is 2. The van der Waals surface area contributed by atoms with E-state index in [1.54, 1.807) is 24.5 Å². The van der Waals surface area contributed by atoms with Gasteiger partial charge in [0.05, 0.1) is 26.6 Å². The Kier molecular flexibility index (Phi) is 7.01. The zero-order valence-corrected chi connectivity index (χ0v) is 16.9. The molecular formula is C20H17ClN6O3. The monoisotopic (exact) mass is 424 g/mol. The van der Waals surface area contributed by atoms with Crippen LogP contribution in [0.15, 0.2) is 66.0 Å². The van der Waals surface area contributed by atoms with Crippen molar-refractivity contribution in [3.63, 3.8) is 0 Å². The van der Waals surface area contributed by atoms with Crippen molar-refractivity contribution in [3.8, 4) is 34.5 Å². The van der Waals surface area contributed by atoms with Gasteiger partial charge in [-0.2, -0.15) is 0 Å². The van der Waals surface area contributed by atoms with E-state index in [0.29, 0.717) is 28.8 Å². The molecule has 0 saturated heterocycles. The summed E-state index contributed by atoms with van der Waals surface area (Å²) in [6.45, 7) is 0. The van der Waals surface area contributed by atoms with Crippen molar-refractivity contribution in [1.82, 2.24) is 29.9 Å². The first-order valence-electron chi connectivity index (χ1n) is 8.65. The minimum atomic E-state index is -0.312. The lowest BCUT2D eigenvalue weighted by atomic mass is 10.3. The summed E-state index contributed by atoms with van der Waals surface area (Å²) in [6.07, 6.45) is 6.22. The molecule has 0 aliphatic carbocycles. The molecule has 0 saturated carbocycles. The molecule has 4 aromatic rings. The van der Waals surface area contributed by atoms with Gasteiger partial charge in [0.15, 0.2) is 22.6 Å². The highest BCUT2D eigenvalue weighted by molar-refractivity contribution is 6.30. The van der Waals surface area contributed by atoms with Gasteiger partial charge in [-0.05, 0) is 24.3 Å². The van der Waals surface area contributed by atoms with Crippen LogP contribution in [-0.2, 0) is 0 Å². The molecule has 0 unspecified atom stereocenters. The predicted octanol–water partition coefficient (Wildman–Crippen LogP) is 3.04. The number of hydrogen-bond donors (Lipinski definition) is 1. The van der Waals surface area contributed by atoms with E-state index in [1.807, 2.05) is 24.3 Å². The van der Waals surface area contributed by atoms with Crippen LogP contribution in [0, 0.1) is 0 Å². The van der Waals surface area contributed by atoms with E-state index in [9.17, 15) is 4.79 Å². The first-order valence-corrected chi connectivity index (χ1v) is 9.02. The molecule has 0 radical (unpaired) electrons. The Morgan fingerprint density at radius 3 is 2.00 bits per heavy atom. The first kappa shape index (κ1) is 20.9. The minimum Gasteiger partial charge on any atom is -0.492 e. The molecule has 10 heteroatoms. The average molecular weight is 425 g/mol. The predicted molar refractivity (Wildman–Crippen MR) is 111 cm³/mol. The fraction of sp³-hybridized carbons (Fsp3) is 0.100. The molecule has 0 fully saturated rings. The number of nitrogens with one attached hydrogen (secondary N) is 1. The third-order valence-corrected chi connectivity index (χ3v) is 3.99. The maximum atomic E-state index is 11.4. The molecule has 152 valence electrons. The van der Waals surface area contributed by atoms with Crippen LogP contribution < -0.4 is 15.0 Å². The van der Waals surface area contributed by atoms with Crippen LogP contribution in [0.5, 0.6) is 11.5 Å². The summed E-state index contributed by atoms with van der Waals surface area (Å²) in [5.41, 5.74) is 0.993. The molecule has 0 aliphatic heterocycles. The summed E-state index contributed by atoms with van der Waals surface area (Å²) in [6, 6.07) is 10.9. The number of nitrogens with zero attached hydrogens (tertiary/aromatic N) is 5. The van der Waals surface area contributed by atoms with Gasteiger partial charge in [0.1, 0.15) is 11.4 Å². The highest BCUT2D eigenvalue weighted by Gasteiger charge is 2.07. The van der Waals surface area contributed by atoms with E-state index in [-0.39, 0.29) is 16.5 Å². The van der Waals surface area contributed by atoms with Gasteiger partial charge in [-0.1, -0.05) is 23.7 Å². The number of pyridine rings is 2. The fourth-order valence-corrected chi connectivity index (χ4v) is 2.47. The molecule has 30 heavy (non-hydrogen) atoms. The maximum Gasteiger partial charge on any atom is 0.293 e. The molecular weight excluding hydrogens is 408 g/mol. The molecule has 0 aliphatic rings. The number of rotatable bonds is 4. The van der Waals surface area contributed by atoms with Crippen LogP contribution in [0.2, 0.25) is 5.15 Å². The smallest absolute Gasteiger partial charge is 0.293 e. The van der Waals surface area contributed by atoms with Crippen LogP contribution in [0.1, 0.15) is 0 Å². The van der Waals surface area contributed by atoms with Gasteiger partial charge in [0.2, 0.25) is 5.75 Å². The molecule has 0 aromatic carbocycles. The Balaban J connectivity index is 0.000000171. The number of H-pyrrole nitrogens is 1. The highest BCUT2D eigenvalue weighted by Crippen LogP contribution is 2.22. The van der Waals surface area contributed by atoms with Gasteiger partial charge in [0.25, 0.3) is 5.56 Å². The van der Waals surface area contributed by atoms with Crippen LogP contribution in [0.3, 0.4) is 0 Å². The topological polar surface area (TPSA) is 116 Å². The third-order valence-electron chi connectivity index (χ3n) is 3.72. The van der Waals surface area contributed by atoms with E-state index < -0.39 is 0 Å². The number of aromatic amines is 1. The standard InChI is InChI=1S/C10H8ClN3O.C10H9N3O2/c1-15-8-6-13-10(14-9(8)11)7-4-2-3-5-12-7;1-15-8-6-12-9(13-10(8)14)7-4-2-3-5-11-7/h2-6H,1H3;2-6H,1H3,(H,12,13,14). The number of ether oxygens (including phenoxy) is 2. The van der Waals surface area contributed by atoms with Crippen LogP contribution in [-0.4, -0.2) is 44.1 Å². The Hall–Kier alpha value is -3.85. The molecule has 0 spiro atoms. The Bertz CT molecular complexity index is 1160. The molecule has 1 N–H and O–H groups in total. The van der Waals surface area contributed by atoms with Gasteiger partial charge in [-0.25, -0.2) is 15.0 Å². The van der Waals surface area contributed by atoms with Crippen LogP contribution >= 0.6 is 11.6 Å². The van der Waals surface area contributed by atoms with E-state index >= 15 is 0 Å². The zero-order valence-electron chi connectivity index (χ0n) is 16.1. The molecule has 4 rings (SSSR count). The van der Waals surface area contributed by atoms with Gasteiger partial charge in [-0.15, -0.1) is 0 Å². The van der Waals surface area contributed by atoms with Crippen molar-refractivity contribution in [2.24, 2.45) is 0 Å². The van der Waals surface area contributed by atoms with E-state index in [0.717, 1.165) is 0 Å². The quantitative estimate of drug-likeness (QED) is 0.497. The number of halogens is 1. The summed E-state index contributed by atoms with van der Waals surface area (Å²) in [5.74, 6) is 1.56. The van der Waals surface area contributed by atoms with Crippen LogP contribution in [0.25, 0.3) is 23.0 Å². The van der Waals surface area contributed by atoms with Gasteiger partial charge in [0, 0.05) is 12.4 Å². The summed E-state index contributed by atoms with van der Waals surface area (Å²) < 4.78 is 9.77. The number of aromatic nitrogens is 6. The van der Waals surface area contributed by atoms with Gasteiger partial charge in [-0.3, -0.25) is 14.8 Å². The summed E-state index contributed by atoms with van der Waals surface area (Å²) in [5, 5.41) is 0.285. The Labute approximate surface area is 176 Å². The normalized spacial score (nSPS) is 9.97. The van der Waals surface area contributed by atoms with Crippen molar-refractivity contribution < 1.29 is 9.47 Å². The summed E-state index contributed by atoms with van der Waals surface area (Å²) >= 11 is 5.88. The lowest BCUT2D eigenvalue weighted by Crippen LogP contribution is -2.11. The third kappa shape index (κ3) is 5.15. The molecule has 0 atom stereocenters. The van der Waals surface area contributed by atoms with Crippen molar-refractivity contribution in [2.75, 3.05) is 14.2 Å². The Morgan fingerprint density at radius 1 is 0.833 bits per heavy atom. The van der Waals surface area contributed by atoms with E-state index in [4.69, 9.17) is 21.1 Å². The fourth-order valence-electron chi connectivity index (χ4n) is 2.27. The second-order valence-electron chi connectivity index (χ2n) is 5.61. The highest BCUT2D eigenvalue weighted by atomic mass is 35.5. The molecule has 9 nitrogen and oxygen atoms in total. The van der Waals surface area contributed by atoms with Gasteiger partial charge >= 0.3 is 0 Å². The lowest BCUT2D eigenvalue weighted by molar-refractivity contribution is 0.406. The summed E-state index contributed by atoms with van der Waals surface area (Å²) in [4.78, 5) is 34.4.